The number of halogens is 3. The summed E-state index contributed by atoms with van der Waals surface area (Å²) in [5.41, 5.74) is 8.45. The number of urea groups is 1. The molecule has 1 spiro atoms. The zero-order valence-corrected chi connectivity index (χ0v) is 28.1. The molecule has 5 fully saturated rings. The molecule has 0 saturated heterocycles. The molecule has 3 N–H and O–H groups in total. The molecule has 3 aromatic rings. The third-order valence-corrected chi connectivity index (χ3v) is 12.3. The van der Waals surface area contributed by atoms with Gasteiger partial charge in [-0.2, -0.15) is 13.2 Å². The summed E-state index contributed by atoms with van der Waals surface area (Å²) in [4.78, 5) is 36.9. The first-order valence-corrected chi connectivity index (χ1v) is 17.2. The van der Waals surface area contributed by atoms with Gasteiger partial charge in [0.1, 0.15) is 23.5 Å². The predicted molar refractivity (Wildman–Crippen MR) is 170 cm³/mol. The fourth-order valence-electron chi connectivity index (χ4n) is 10.3. The summed E-state index contributed by atoms with van der Waals surface area (Å²) < 4.78 is 48.3. The van der Waals surface area contributed by atoms with Crippen LogP contribution in [0.2, 0.25) is 0 Å². The zero-order chi connectivity index (χ0) is 34.1. The molecule has 0 bridgehead atoms. The predicted octanol–water partition coefficient (Wildman–Crippen LogP) is 5.79. The lowest BCUT2D eigenvalue weighted by Gasteiger charge is -2.65. The number of imidazole rings is 1. The van der Waals surface area contributed by atoms with E-state index in [0.29, 0.717) is 84.6 Å². The molecule has 11 nitrogen and oxygen atoms in total. The van der Waals surface area contributed by atoms with Gasteiger partial charge in [0.25, 0.3) is 0 Å². The lowest BCUT2D eigenvalue weighted by molar-refractivity contribution is -0.151. The molecule has 7 atom stereocenters. The van der Waals surface area contributed by atoms with E-state index in [2.05, 4.69) is 27.2 Å². The molecular weight excluding hydrogens is 623 g/mol. The number of anilines is 1. The number of nitrogens with one attached hydrogen (secondary N) is 1. The van der Waals surface area contributed by atoms with Gasteiger partial charge in [-0.05, 0) is 55.8 Å². The highest BCUT2D eigenvalue weighted by Crippen LogP contribution is 3.13. The van der Waals surface area contributed by atoms with Crippen molar-refractivity contribution >= 4 is 11.8 Å². The van der Waals surface area contributed by atoms with Crippen LogP contribution in [0.3, 0.4) is 0 Å². The van der Waals surface area contributed by atoms with Crippen LogP contribution in [0.15, 0.2) is 12.5 Å². The molecule has 256 valence electrons. The Kier molecular flexibility index (Phi) is 6.70. The summed E-state index contributed by atoms with van der Waals surface area (Å²) in [5.74, 6) is 4.09. The second kappa shape index (κ2) is 10.3. The van der Waals surface area contributed by atoms with E-state index >= 15 is 0 Å². The van der Waals surface area contributed by atoms with Crippen LogP contribution in [0.4, 0.5) is 23.8 Å². The minimum atomic E-state index is -4.46. The van der Waals surface area contributed by atoms with E-state index in [4.69, 9.17) is 20.4 Å². The number of nitrogens with zero attached hydrogens (tertiary/aromatic N) is 7. The Morgan fingerprint density at radius 3 is 2.52 bits per heavy atom. The van der Waals surface area contributed by atoms with E-state index in [-0.39, 0.29) is 22.8 Å². The van der Waals surface area contributed by atoms with Crippen LogP contribution < -0.4 is 15.8 Å². The fourth-order valence-corrected chi connectivity index (χ4v) is 10.3. The number of methoxy groups -OCH3 is 1. The fraction of sp³-hybridized carbons (Fsp3) is 0.647. The Morgan fingerprint density at radius 2 is 1.92 bits per heavy atom. The maximum atomic E-state index is 13.6. The molecule has 9 rings (SSSR count). The highest BCUT2D eigenvalue weighted by atomic mass is 19.4. The van der Waals surface area contributed by atoms with Crippen molar-refractivity contribution in [1.29, 1.82) is 0 Å². The lowest BCUT2D eigenvalue weighted by atomic mass is 9.39. The van der Waals surface area contributed by atoms with Crippen LogP contribution in [0.25, 0.3) is 11.4 Å². The number of hydrogen-bond donors (Lipinski definition) is 2. The number of rotatable bonds is 8. The second-order valence-corrected chi connectivity index (χ2v) is 14.4. The van der Waals surface area contributed by atoms with E-state index in [0.717, 1.165) is 29.8 Å². The highest BCUT2D eigenvalue weighted by molar-refractivity contribution is 5.74. The van der Waals surface area contributed by atoms with Crippen molar-refractivity contribution < 1.29 is 22.7 Å². The van der Waals surface area contributed by atoms with Crippen LogP contribution in [0.5, 0.6) is 5.88 Å². The molecule has 0 radical (unpaired) electrons. The average molecular weight is 666 g/mol. The van der Waals surface area contributed by atoms with Crippen LogP contribution in [0, 0.1) is 34.5 Å². The van der Waals surface area contributed by atoms with Crippen LogP contribution in [-0.2, 0) is 19.1 Å². The quantitative estimate of drug-likeness (QED) is 0.309. The number of aromatic nitrogens is 6. The normalized spacial score (nSPS) is 31.7. The van der Waals surface area contributed by atoms with Gasteiger partial charge in [0.15, 0.2) is 11.5 Å². The van der Waals surface area contributed by atoms with E-state index in [1.807, 2.05) is 27.7 Å². The minimum Gasteiger partial charge on any atom is -0.480 e. The zero-order valence-electron chi connectivity index (χ0n) is 28.1. The smallest absolute Gasteiger partial charge is 0.434 e. The third kappa shape index (κ3) is 3.88. The Bertz CT molecular complexity index is 1820. The minimum absolute atomic E-state index is 0.0642. The van der Waals surface area contributed by atoms with Crippen molar-refractivity contribution in [2.45, 2.75) is 84.5 Å². The monoisotopic (exact) mass is 665 g/mol. The lowest BCUT2D eigenvalue weighted by Crippen LogP contribution is -2.63. The molecule has 5 unspecified atom stereocenters. The van der Waals surface area contributed by atoms with Gasteiger partial charge >= 0.3 is 12.2 Å². The summed E-state index contributed by atoms with van der Waals surface area (Å²) in [6.45, 7) is 11.5. The molecule has 48 heavy (non-hydrogen) atoms. The van der Waals surface area contributed by atoms with Crippen molar-refractivity contribution in [1.82, 2.24) is 34.4 Å². The molecular formula is C34H42F3N9O2. The molecule has 0 aromatic carbocycles. The molecule has 5 aliphatic carbocycles. The van der Waals surface area contributed by atoms with Crippen molar-refractivity contribution in [3.05, 3.63) is 41.0 Å². The van der Waals surface area contributed by atoms with E-state index in [9.17, 15) is 18.0 Å². The number of carbonyl (C=O) groups is 1. The van der Waals surface area contributed by atoms with Gasteiger partial charge in [-0.25, -0.2) is 29.7 Å². The van der Waals surface area contributed by atoms with Gasteiger partial charge in [0.05, 0.1) is 25.0 Å². The van der Waals surface area contributed by atoms with E-state index < -0.39 is 17.9 Å². The number of primary amides is 1. The molecule has 3 aromatic heterocycles. The van der Waals surface area contributed by atoms with E-state index in [1.54, 1.807) is 16.6 Å². The summed E-state index contributed by atoms with van der Waals surface area (Å²) in [5, 5.41) is 3.68. The third-order valence-electron chi connectivity index (χ3n) is 12.3. The number of nitrogens with two attached hydrogens (primary N) is 1. The van der Waals surface area contributed by atoms with Crippen molar-refractivity contribution in [3.8, 4) is 17.3 Å². The molecule has 1 aliphatic heterocycles. The second-order valence-electron chi connectivity index (χ2n) is 14.4. The summed E-state index contributed by atoms with van der Waals surface area (Å²) in [6.07, 6.45) is 0.863. The molecule has 2 amide bonds. The number of amides is 2. The number of alkyl halides is 3. The summed E-state index contributed by atoms with van der Waals surface area (Å²) in [6, 6.07) is -0.581. The van der Waals surface area contributed by atoms with Crippen LogP contribution >= 0.6 is 0 Å². The summed E-state index contributed by atoms with van der Waals surface area (Å²) in [7, 11) is 1.58. The van der Waals surface area contributed by atoms with Crippen molar-refractivity contribution in [3.63, 3.8) is 0 Å². The maximum absolute atomic E-state index is 13.6. The van der Waals surface area contributed by atoms with Gasteiger partial charge in [-0.15, -0.1) is 0 Å². The number of fused-ring (bicyclic) bond motifs is 3. The van der Waals surface area contributed by atoms with Gasteiger partial charge in [-0.3, -0.25) is 0 Å². The van der Waals surface area contributed by atoms with Gasteiger partial charge in [0.2, 0.25) is 5.88 Å². The van der Waals surface area contributed by atoms with Crippen LogP contribution in [0.1, 0.15) is 93.8 Å². The SMILES string of the molecule is CC.COc1ncnc(C2CC2)c1-c1nc2c(c(NC[C@@]34C(C)[C@@H]5C(c6nc(C(F)(F)F)cn6C(C)C)C6C3C654)n1)CN(C(N)=O)CC2. The number of ether oxygens (including phenoxy) is 1. The topological polar surface area (TPSA) is 137 Å². The first-order valence-electron chi connectivity index (χ1n) is 17.2. The van der Waals surface area contributed by atoms with Gasteiger partial charge in [0, 0.05) is 54.6 Å². The Hall–Kier alpha value is -3.97. The molecule has 14 heteroatoms. The Labute approximate surface area is 277 Å². The highest BCUT2D eigenvalue weighted by Gasteiger charge is 3.11. The number of carbonyl (C=O) groups excluding carboxylic acids is 1. The first-order chi connectivity index (χ1) is 22.9. The average Bonchev–Trinajstić information content (AvgIpc) is 4.01. The van der Waals surface area contributed by atoms with Crippen LogP contribution in [-0.4, -0.2) is 60.6 Å². The van der Waals surface area contributed by atoms with E-state index in [1.165, 1.54) is 12.5 Å². The first kappa shape index (κ1) is 31.3. The van der Waals surface area contributed by atoms with Crippen molar-refractivity contribution in [2.75, 3.05) is 25.5 Å². The van der Waals surface area contributed by atoms with Gasteiger partial charge in [-0.1, -0.05) is 20.8 Å². The molecule has 6 aliphatic rings. The van der Waals surface area contributed by atoms with Crippen molar-refractivity contribution in [2.24, 2.45) is 40.2 Å². The molecule has 4 heterocycles. The molecule has 5 saturated carbocycles. The standard InChI is InChI=1S/C32H36F3N9O2.C2H6/c1-13(2)44-10-18(32(33,34)35)41-27(44)19-21-14(3)30(24-22(19)31(21,24)30)11-37-25-16-9-43(29(36)45)8-7-17(16)40-26(42-25)20-23(15-5-6-15)38-12-39-28(20)46-4;1-2/h10,12-15,19,21-22,24H,5-9,11H2,1-4H3,(H2,36,45)(H,37,40,42);1-2H3/t14?,19?,21-,22?,24?,30-,31?;/m1./s1. The Balaban J connectivity index is 0.00000165. The van der Waals surface area contributed by atoms with Gasteiger partial charge < -0.3 is 25.3 Å². The maximum Gasteiger partial charge on any atom is 0.434 e. The largest absolute Gasteiger partial charge is 0.480 e. The number of hydrogen-bond acceptors (Lipinski definition) is 8. The summed E-state index contributed by atoms with van der Waals surface area (Å²) >= 11 is 0. The Morgan fingerprint density at radius 1 is 1.17 bits per heavy atom.